The first-order chi connectivity index (χ1) is 9.27. The molecule has 0 aromatic heterocycles. The number of nitrogens with zero attached hydrogens (tertiary/aromatic N) is 1. The smallest absolute Gasteiger partial charge is 0.257 e. The van der Waals surface area contributed by atoms with Crippen molar-refractivity contribution in [3.05, 3.63) is 35.6 Å². The molecule has 0 spiro atoms. The van der Waals surface area contributed by atoms with Crippen molar-refractivity contribution in [1.29, 1.82) is 0 Å². The lowest BCUT2D eigenvalue weighted by atomic mass is 9.89. The summed E-state index contributed by atoms with van der Waals surface area (Å²) < 4.78 is 19.5. The number of halogens is 1. The molecule has 3 rings (SSSR count). The third-order valence-corrected chi connectivity index (χ3v) is 4.10. The molecule has 2 aliphatic rings. The van der Waals surface area contributed by atoms with E-state index >= 15 is 0 Å². The summed E-state index contributed by atoms with van der Waals surface area (Å²) in [7, 11) is 0. The highest BCUT2D eigenvalue weighted by Gasteiger charge is 2.37. The highest BCUT2D eigenvalue weighted by molar-refractivity contribution is 5.94. The first kappa shape index (κ1) is 12.6. The van der Waals surface area contributed by atoms with E-state index in [2.05, 4.69) is 0 Å². The van der Waals surface area contributed by atoms with Crippen LogP contribution in [0.2, 0.25) is 0 Å². The molecule has 2 fully saturated rings. The van der Waals surface area contributed by atoms with Crippen LogP contribution in [0.15, 0.2) is 24.3 Å². The molecular weight excluding hydrogens is 245 g/mol. The zero-order valence-electron chi connectivity index (χ0n) is 10.8. The van der Waals surface area contributed by atoms with E-state index in [9.17, 15) is 9.18 Å². The van der Waals surface area contributed by atoms with Gasteiger partial charge < -0.3 is 9.64 Å². The molecule has 1 amide bonds. The molecule has 3 nitrogen and oxygen atoms in total. The van der Waals surface area contributed by atoms with E-state index in [0.717, 1.165) is 25.7 Å². The van der Waals surface area contributed by atoms with Crippen LogP contribution in [-0.4, -0.2) is 36.1 Å². The molecule has 2 atom stereocenters. The summed E-state index contributed by atoms with van der Waals surface area (Å²) in [6, 6.07) is 6.33. The van der Waals surface area contributed by atoms with E-state index < -0.39 is 5.82 Å². The van der Waals surface area contributed by atoms with Crippen LogP contribution in [0.3, 0.4) is 0 Å². The molecule has 0 N–H and O–H groups in total. The van der Waals surface area contributed by atoms with Crippen molar-refractivity contribution in [1.82, 2.24) is 4.90 Å². The Hall–Kier alpha value is -1.42. The van der Waals surface area contributed by atoms with Crippen molar-refractivity contribution < 1.29 is 13.9 Å². The molecule has 1 aromatic rings. The van der Waals surface area contributed by atoms with Gasteiger partial charge in [-0.15, -0.1) is 0 Å². The summed E-state index contributed by atoms with van der Waals surface area (Å²) in [6.45, 7) is 1.12. The lowest BCUT2D eigenvalue weighted by Gasteiger charge is -2.43. The largest absolute Gasteiger partial charge is 0.374 e. The minimum Gasteiger partial charge on any atom is -0.374 e. The van der Waals surface area contributed by atoms with Crippen LogP contribution in [0.25, 0.3) is 0 Å². The average molecular weight is 263 g/mol. The monoisotopic (exact) mass is 263 g/mol. The number of morpholine rings is 1. The Balaban J connectivity index is 1.84. The third-order valence-electron chi connectivity index (χ3n) is 4.10. The van der Waals surface area contributed by atoms with Crippen molar-refractivity contribution in [3.63, 3.8) is 0 Å². The third kappa shape index (κ3) is 2.37. The Morgan fingerprint density at radius 2 is 2.05 bits per heavy atom. The number of fused-ring (bicyclic) bond motifs is 1. The number of benzene rings is 1. The van der Waals surface area contributed by atoms with Gasteiger partial charge in [0.05, 0.1) is 24.3 Å². The predicted octanol–water partition coefficient (Wildman–Crippen LogP) is 2.61. The van der Waals surface area contributed by atoms with E-state index in [1.54, 1.807) is 18.2 Å². The molecule has 1 heterocycles. The number of amides is 1. The quantitative estimate of drug-likeness (QED) is 0.779. The molecule has 0 bridgehead atoms. The molecule has 1 aromatic carbocycles. The van der Waals surface area contributed by atoms with Crippen LogP contribution < -0.4 is 0 Å². The molecule has 1 aliphatic carbocycles. The van der Waals surface area contributed by atoms with Gasteiger partial charge in [-0.05, 0) is 25.0 Å². The van der Waals surface area contributed by atoms with Gasteiger partial charge in [0.1, 0.15) is 5.82 Å². The number of rotatable bonds is 1. The molecule has 0 unspecified atom stereocenters. The fraction of sp³-hybridized carbons (Fsp3) is 0.533. The molecule has 1 aliphatic heterocycles. The van der Waals surface area contributed by atoms with Crippen molar-refractivity contribution in [2.24, 2.45) is 0 Å². The Morgan fingerprint density at radius 1 is 1.26 bits per heavy atom. The zero-order chi connectivity index (χ0) is 13.2. The van der Waals surface area contributed by atoms with Gasteiger partial charge in [-0.25, -0.2) is 4.39 Å². The van der Waals surface area contributed by atoms with Gasteiger partial charge >= 0.3 is 0 Å². The Bertz CT molecular complexity index is 475. The SMILES string of the molecule is O=C(c1ccccc1F)N1CCO[C@@H]2CCCC[C@H]21. The summed E-state index contributed by atoms with van der Waals surface area (Å²) in [5, 5.41) is 0. The van der Waals surface area contributed by atoms with Gasteiger partial charge in [0.15, 0.2) is 0 Å². The van der Waals surface area contributed by atoms with Crippen LogP contribution >= 0.6 is 0 Å². The zero-order valence-corrected chi connectivity index (χ0v) is 10.8. The maximum Gasteiger partial charge on any atom is 0.257 e. The minimum atomic E-state index is -0.439. The van der Waals surface area contributed by atoms with E-state index in [0.29, 0.717) is 13.2 Å². The molecule has 1 saturated carbocycles. The maximum atomic E-state index is 13.7. The second-order valence-corrected chi connectivity index (χ2v) is 5.24. The standard InChI is InChI=1S/C15H18FNO2/c16-12-6-2-1-5-11(12)15(18)17-9-10-19-14-8-4-3-7-13(14)17/h1-2,5-6,13-14H,3-4,7-10H2/t13-,14-/m1/s1. The topological polar surface area (TPSA) is 29.5 Å². The van der Waals surface area contributed by atoms with Gasteiger partial charge in [-0.2, -0.15) is 0 Å². The Kier molecular flexibility index (Phi) is 3.51. The van der Waals surface area contributed by atoms with Crippen LogP contribution in [0.4, 0.5) is 4.39 Å². The molecule has 19 heavy (non-hydrogen) atoms. The molecule has 4 heteroatoms. The first-order valence-electron chi connectivity index (χ1n) is 6.94. The number of hydrogen-bond acceptors (Lipinski definition) is 2. The van der Waals surface area contributed by atoms with Gasteiger partial charge in [0.2, 0.25) is 0 Å². The van der Waals surface area contributed by atoms with E-state index in [1.165, 1.54) is 6.07 Å². The van der Waals surface area contributed by atoms with Gasteiger partial charge in [-0.1, -0.05) is 25.0 Å². The molecule has 102 valence electrons. The highest BCUT2D eigenvalue weighted by Crippen LogP contribution is 2.29. The lowest BCUT2D eigenvalue weighted by molar-refractivity contribution is -0.0753. The van der Waals surface area contributed by atoms with Gasteiger partial charge in [0, 0.05) is 6.54 Å². The van der Waals surface area contributed by atoms with Crippen molar-refractivity contribution >= 4 is 5.91 Å². The van der Waals surface area contributed by atoms with Crippen molar-refractivity contribution in [3.8, 4) is 0 Å². The average Bonchev–Trinajstić information content (AvgIpc) is 2.46. The summed E-state index contributed by atoms with van der Waals surface area (Å²) in [6.07, 6.45) is 4.38. The second-order valence-electron chi connectivity index (χ2n) is 5.24. The number of hydrogen-bond donors (Lipinski definition) is 0. The van der Waals surface area contributed by atoms with Crippen LogP contribution in [0.1, 0.15) is 36.0 Å². The molecule has 0 radical (unpaired) electrons. The van der Waals surface area contributed by atoms with Crippen molar-refractivity contribution in [2.45, 2.75) is 37.8 Å². The number of carbonyl (C=O) groups excluding carboxylic acids is 1. The Morgan fingerprint density at radius 3 is 2.89 bits per heavy atom. The number of ether oxygens (including phenoxy) is 1. The van der Waals surface area contributed by atoms with Crippen LogP contribution in [0.5, 0.6) is 0 Å². The van der Waals surface area contributed by atoms with Gasteiger partial charge in [-0.3, -0.25) is 4.79 Å². The normalized spacial score (nSPS) is 26.9. The highest BCUT2D eigenvalue weighted by atomic mass is 19.1. The van der Waals surface area contributed by atoms with E-state index in [4.69, 9.17) is 4.74 Å². The van der Waals surface area contributed by atoms with Crippen molar-refractivity contribution in [2.75, 3.05) is 13.2 Å². The Labute approximate surface area is 112 Å². The number of carbonyl (C=O) groups is 1. The van der Waals surface area contributed by atoms with Crippen LogP contribution in [0, 0.1) is 5.82 Å². The maximum absolute atomic E-state index is 13.7. The van der Waals surface area contributed by atoms with Gasteiger partial charge in [0.25, 0.3) is 5.91 Å². The lowest BCUT2D eigenvalue weighted by Crippen LogP contribution is -2.54. The fourth-order valence-corrected chi connectivity index (χ4v) is 3.14. The molecular formula is C15H18FNO2. The summed E-state index contributed by atoms with van der Waals surface area (Å²) in [5.74, 6) is -0.635. The summed E-state index contributed by atoms with van der Waals surface area (Å²) >= 11 is 0. The van der Waals surface area contributed by atoms with E-state index in [-0.39, 0.29) is 23.6 Å². The second kappa shape index (κ2) is 5.29. The van der Waals surface area contributed by atoms with Crippen LogP contribution in [-0.2, 0) is 4.74 Å². The summed E-state index contributed by atoms with van der Waals surface area (Å²) in [4.78, 5) is 14.3. The van der Waals surface area contributed by atoms with E-state index in [1.807, 2.05) is 4.90 Å². The summed E-state index contributed by atoms with van der Waals surface area (Å²) in [5.41, 5.74) is 0.175. The fourth-order valence-electron chi connectivity index (χ4n) is 3.14. The predicted molar refractivity (Wildman–Crippen MR) is 69.4 cm³/mol. The molecule has 1 saturated heterocycles. The first-order valence-corrected chi connectivity index (χ1v) is 6.94. The minimum absolute atomic E-state index is 0.120.